The van der Waals surface area contributed by atoms with Gasteiger partial charge in [0.1, 0.15) is 4.99 Å². The van der Waals surface area contributed by atoms with Crippen molar-refractivity contribution >= 4 is 34.5 Å². The van der Waals surface area contributed by atoms with E-state index in [9.17, 15) is 4.79 Å². The van der Waals surface area contributed by atoms with E-state index in [-0.39, 0.29) is 5.91 Å². The molecule has 1 aromatic heterocycles. The average molecular weight is 291 g/mol. The molecule has 1 amide bonds. The first-order valence-corrected chi connectivity index (χ1v) is 7.02. The zero-order valence-corrected chi connectivity index (χ0v) is 11.8. The van der Waals surface area contributed by atoms with Crippen molar-refractivity contribution in [3.05, 3.63) is 52.0 Å². The Labute approximate surface area is 120 Å². The molecule has 0 fully saturated rings. The van der Waals surface area contributed by atoms with Crippen LogP contribution in [0.5, 0.6) is 0 Å². The first-order chi connectivity index (χ1) is 9.16. The molecule has 1 heterocycles. The number of nitrogens with zero attached hydrogens (tertiary/aromatic N) is 1. The van der Waals surface area contributed by atoms with Gasteiger partial charge in [-0.3, -0.25) is 4.79 Å². The second kappa shape index (κ2) is 6.40. The Morgan fingerprint density at radius 3 is 2.58 bits per heavy atom. The first kappa shape index (κ1) is 13.6. The number of rotatable bonds is 5. The molecule has 0 aliphatic carbocycles. The molecular formula is C13H13N3OS2. The van der Waals surface area contributed by atoms with E-state index in [1.807, 2.05) is 5.38 Å². The lowest BCUT2D eigenvalue weighted by molar-refractivity contribution is 0.0954. The molecule has 0 saturated carbocycles. The third-order valence-corrected chi connectivity index (χ3v) is 3.61. The molecule has 3 N–H and O–H groups in total. The summed E-state index contributed by atoms with van der Waals surface area (Å²) in [5.41, 5.74) is 6.85. The van der Waals surface area contributed by atoms with E-state index < -0.39 is 0 Å². The summed E-state index contributed by atoms with van der Waals surface area (Å²) in [5, 5.41) is 5.79. The topological polar surface area (TPSA) is 68.0 Å². The lowest BCUT2D eigenvalue weighted by atomic mass is 10.1. The van der Waals surface area contributed by atoms with Gasteiger partial charge < -0.3 is 11.1 Å². The van der Waals surface area contributed by atoms with Gasteiger partial charge in [0.15, 0.2) is 0 Å². The Balaban J connectivity index is 1.87. The van der Waals surface area contributed by atoms with Gasteiger partial charge in [-0.05, 0) is 12.1 Å². The lowest BCUT2D eigenvalue weighted by Crippen LogP contribution is -2.25. The molecule has 0 atom stereocenters. The van der Waals surface area contributed by atoms with Crippen molar-refractivity contribution in [1.82, 2.24) is 10.3 Å². The summed E-state index contributed by atoms with van der Waals surface area (Å²) in [4.78, 5) is 16.3. The number of hydrogen-bond acceptors (Lipinski definition) is 4. The predicted molar refractivity (Wildman–Crippen MR) is 80.5 cm³/mol. The van der Waals surface area contributed by atoms with Gasteiger partial charge in [0.25, 0.3) is 5.91 Å². The zero-order chi connectivity index (χ0) is 13.7. The van der Waals surface area contributed by atoms with Crippen LogP contribution in [0.25, 0.3) is 0 Å². The molecule has 0 aliphatic heterocycles. The van der Waals surface area contributed by atoms with Crippen LogP contribution in [0.15, 0.2) is 35.8 Å². The predicted octanol–water partition coefficient (Wildman–Crippen LogP) is 1.75. The van der Waals surface area contributed by atoms with Crippen molar-refractivity contribution < 1.29 is 4.79 Å². The van der Waals surface area contributed by atoms with Gasteiger partial charge in [-0.1, -0.05) is 24.4 Å². The Kier molecular flexibility index (Phi) is 4.59. The monoisotopic (exact) mass is 291 g/mol. The molecule has 19 heavy (non-hydrogen) atoms. The number of nitrogens with two attached hydrogens (primary N) is 1. The maximum atomic E-state index is 11.9. The molecule has 2 aromatic rings. The highest BCUT2D eigenvalue weighted by atomic mass is 32.1. The number of aromatic nitrogens is 1. The van der Waals surface area contributed by atoms with Gasteiger partial charge >= 0.3 is 0 Å². The molecule has 1 aromatic carbocycles. The molecular weight excluding hydrogens is 278 g/mol. The number of carbonyl (C=O) groups is 1. The smallest absolute Gasteiger partial charge is 0.251 e. The Bertz CT molecular complexity index is 564. The lowest BCUT2D eigenvalue weighted by Gasteiger charge is -2.05. The van der Waals surface area contributed by atoms with E-state index in [1.54, 1.807) is 41.8 Å². The van der Waals surface area contributed by atoms with Gasteiger partial charge in [0, 0.05) is 35.7 Å². The third-order valence-electron chi connectivity index (χ3n) is 2.54. The van der Waals surface area contributed by atoms with Crippen molar-refractivity contribution in [2.24, 2.45) is 5.73 Å². The molecule has 2 rings (SSSR count). The molecule has 0 spiro atoms. The fraction of sp³-hybridized carbons (Fsp3) is 0.154. The summed E-state index contributed by atoms with van der Waals surface area (Å²) >= 11 is 6.44. The zero-order valence-electron chi connectivity index (χ0n) is 10.1. The molecule has 0 aliphatic rings. The van der Waals surface area contributed by atoms with Crippen molar-refractivity contribution in [2.75, 3.05) is 6.54 Å². The number of nitrogens with one attached hydrogen (secondary N) is 1. The Hall–Kier alpha value is -1.79. The van der Waals surface area contributed by atoms with Gasteiger partial charge in [0.2, 0.25) is 0 Å². The van der Waals surface area contributed by atoms with Crippen LogP contribution in [-0.4, -0.2) is 22.4 Å². The summed E-state index contributed by atoms with van der Waals surface area (Å²) < 4.78 is 0. The molecule has 4 nitrogen and oxygen atoms in total. The number of thiazole rings is 1. The van der Waals surface area contributed by atoms with Crippen LogP contribution in [0.2, 0.25) is 0 Å². The van der Waals surface area contributed by atoms with E-state index in [1.165, 1.54) is 0 Å². The van der Waals surface area contributed by atoms with Crippen LogP contribution in [0.3, 0.4) is 0 Å². The van der Waals surface area contributed by atoms with Crippen LogP contribution in [0.1, 0.15) is 20.9 Å². The fourth-order valence-electron chi connectivity index (χ4n) is 1.55. The summed E-state index contributed by atoms with van der Waals surface area (Å²) in [6.45, 7) is 0.573. The highest BCUT2D eigenvalue weighted by Crippen LogP contribution is 2.06. The van der Waals surface area contributed by atoms with Gasteiger partial charge in [0.05, 0.1) is 5.01 Å². The minimum absolute atomic E-state index is 0.106. The van der Waals surface area contributed by atoms with E-state index in [0.29, 0.717) is 17.1 Å². The van der Waals surface area contributed by atoms with Gasteiger partial charge in [-0.25, -0.2) is 4.98 Å². The maximum Gasteiger partial charge on any atom is 0.251 e. The van der Waals surface area contributed by atoms with Crippen LogP contribution >= 0.6 is 23.6 Å². The van der Waals surface area contributed by atoms with Crippen molar-refractivity contribution in [3.8, 4) is 0 Å². The first-order valence-electron chi connectivity index (χ1n) is 5.73. The number of hydrogen-bond donors (Lipinski definition) is 2. The fourth-order valence-corrected chi connectivity index (χ4v) is 2.30. The van der Waals surface area contributed by atoms with Gasteiger partial charge in [-0.2, -0.15) is 0 Å². The van der Waals surface area contributed by atoms with Crippen molar-refractivity contribution in [3.63, 3.8) is 0 Å². The normalized spacial score (nSPS) is 10.1. The molecule has 6 heteroatoms. The maximum absolute atomic E-state index is 11.9. The highest BCUT2D eigenvalue weighted by Gasteiger charge is 2.05. The van der Waals surface area contributed by atoms with Crippen molar-refractivity contribution in [2.45, 2.75) is 6.42 Å². The third kappa shape index (κ3) is 3.84. The average Bonchev–Trinajstić information content (AvgIpc) is 2.92. The number of benzene rings is 1. The summed E-state index contributed by atoms with van der Waals surface area (Å²) in [6.07, 6.45) is 2.50. The quantitative estimate of drug-likeness (QED) is 0.824. The number of thiocarbonyl (C=S) groups is 1. The van der Waals surface area contributed by atoms with E-state index in [4.69, 9.17) is 18.0 Å². The van der Waals surface area contributed by atoms with Crippen LogP contribution in [0.4, 0.5) is 0 Å². The number of carbonyl (C=O) groups excluding carboxylic acids is 1. The number of amides is 1. The van der Waals surface area contributed by atoms with Crippen LogP contribution in [0, 0.1) is 0 Å². The van der Waals surface area contributed by atoms with E-state index >= 15 is 0 Å². The molecule has 0 saturated heterocycles. The SMILES string of the molecule is NC(=S)c1ccc(C(=O)NCCc2nccs2)cc1. The van der Waals surface area contributed by atoms with Gasteiger partial charge in [-0.15, -0.1) is 11.3 Å². The minimum Gasteiger partial charge on any atom is -0.389 e. The minimum atomic E-state index is -0.106. The summed E-state index contributed by atoms with van der Waals surface area (Å²) in [7, 11) is 0. The van der Waals surface area contributed by atoms with E-state index in [0.717, 1.165) is 17.0 Å². The molecule has 98 valence electrons. The highest BCUT2D eigenvalue weighted by molar-refractivity contribution is 7.80. The van der Waals surface area contributed by atoms with Crippen LogP contribution < -0.4 is 11.1 Å². The molecule has 0 bridgehead atoms. The van der Waals surface area contributed by atoms with Crippen LogP contribution in [-0.2, 0) is 6.42 Å². The standard InChI is InChI=1S/C13H13N3OS2/c14-12(18)9-1-3-10(4-2-9)13(17)16-6-5-11-15-7-8-19-11/h1-4,7-8H,5-6H2,(H2,14,18)(H,16,17). The summed E-state index contributed by atoms with van der Waals surface area (Å²) in [5.74, 6) is -0.106. The Morgan fingerprint density at radius 2 is 2.00 bits per heavy atom. The largest absolute Gasteiger partial charge is 0.389 e. The van der Waals surface area contributed by atoms with E-state index in [2.05, 4.69) is 10.3 Å². The van der Waals surface area contributed by atoms with Crippen molar-refractivity contribution in [1.29, 1.82) is 0 Å². The Morgan fingerprint density at radius 1 is 1.32 bits per heavy atom. The summed E-state index contributed by atoms with van der Waals surface area (Å²) in [6, 6.07) is 6.93. The second-order valence-corrected chi connectivity index (χ2v) is 5.29. The second-order valence-electron chi connectivity index (χ2n) is 3.87. The molecule has 0 unspecified atom stereocenters. The molecule has 0 radical (unpaired) electrons.